The van der Waals surface area contributed by atoms with Crippen LogP contribution in [-0.4, -0.2) is 33.6 Å². The minimum atomic E-state index is -0.411. The van der Waals surface area contributed by atoms with Gasteiger partial charge in [-0.15, -0.1) is 16.6 Å². The van der Waals surface area contributed by atoms with E-state index in [0.717, 1.165) is 12.8 Å². The summed E-state index contributed by atoms with van der Waals surface area (Å²) in [6.45, 7) is 2.36. The molecule has 1 aromatic heterocycles. The molecule has 1 fully saturated rings. The van der Waals surface area contributed by atoms with Crippen molar-refractivity contribution in [2.75, 3.05) is 6.54 Å². The van der Waals surface area contributed by atoms with E-state index in [1.165, 1.54) is 0 Å². The van der Waals surface area contributed by atoms with Crippen LogP contribution in [-0.2, 0) is 0 Å². The van der Waals surface area contributed by atoms with Gasteiger partial charge in [0, 0.05) is 17.7 Å². The summed E-state index contributed by atoms with van der Waals surface area (Å²) in [6.07, 6.45) is 7.28. The Bertz CT molecular complexity index is 1220. The average Bonchev–Trinajstić information content (AvgIpc) is 3.48. The second-order valence-electron chi connectivity index (χ2n) is 7.51. The lowest BCUT2D eigenvalue weighted by Gasteiger charge is -2.21. The van der Waals surface area contributed by atoms with Crippen molar-refractivity contribution in [1.82, 2.24) is 15.1 Å². The fourth-order valence-corrected chi connectivity index (χ4v) is 3.75. The minimum absolute atomic E-state index is 0.162. The molecule has 0 spiro atoms. The zero-order valence-corrected chi connectivity index (χ0v) is 17.1. The quantitative estimate of drug-likeness (QED) is 0.658. The molecular weight excluding hydrogens is 390 g/mol. The van der Waals surface area contributed by atoms with E-state index in [-0.39, 0.29) is 17.8 Å². The normalized spacial score (nSPS) is 16.5. The number of nitrogens with zero attached hydrogens (tertiary/aromatic N) is 4. The highest BCUT2D eigenvalue weighted by molar-refractivity contribution is 5.97. The van der Waals surface area contributed by atoms with Gasteiger partial charge in [0.05, 0.1) is 23.7 Å². The molecule has 3 aromatic rings. The fourth-order valence-electron chi connectivity index (χ4n) is 3.75. The van der Waals surface area contributed by atoms with Crippen molar-refractivity contribution in [3.05, 3.63) is 59.5 Å². The van der Waals surface area contributed by atoms with Crippen LogP contribution < -0.4 is 5.73 Å². The van der Waals surface area contributed by atoms with E-state index in [1.807, 2.05) is 18.2 Å². The molecule has 2 atom stereocenters. The first kappa shape index (κ1) is 20.3. The molecule has 0 radical (unpaired) electrons. The van der Waals surface area contributed by atoms with Gasteiger partial charge in [0.2, 0.25) is 11.8 Å². The number of aromatic nitrogens is 2. The first-order valence-electron chi connectivity index (χ1n) is 10.0. The maximum atomic E-state index is 13.3. The van der Waals surface area contributed by atoms with Crippen LogP contribution in [0, 0.1) is 23.7 Å². The summed E-state index contributed by atoms with van der Waals surface area (Å²) >= 11 is 0. The number of benzene rings is 2. The van der Waals surface area contributed by atoms with Gasteiger partial charge in [-0.2, -0.15) is 5.26 Å². The fraction of sp³-hybridized carbons (Fsp3) is 0.250. The van der Waals surface area contributed by atoms with Crippen molar-refractivity contribution in [3.8, 4) is 41.0 Å². The van der Waals surface area contributed by atoms with Gasteiger partial charge in [0.15, 0.2) is 0 Å². The Morgan fingerprint density at radius 3 is 2.77 bits per heavy atom. The highest BCUT2D eigenvalue weighted by atomic mass is 16.4. The second-order valence-corrected chi connectivity index (χ2v) is 7.51. The van der Waals surface area contributed by atoms with Gasteiger partial charge in [-0.1, -0.05) is 24.1 Å². The molecule has 2 aromatic carbocycles. The third-order valence-corrected chi connectivity index (χ3v) is 5.32. The smallest absolute Gasteiger partial charge is 0.254 e. The Morgan fingerprint density at radius 1 is 1.29 bits per heavy atom. The Kier molecular flexibility index (Phi) is 5.53. The minimum Gasteiger partial charge on any atom is -0.419 e. The first-order chi connectivity index (χ1) is 15.0. The average molecular weight is 411 g/mol. The van der Waals surface area contributed by atoms with Crippen LogP contribution in [0.3, 0.4) is 0 Å². The molecule has 1 aliphatic rings. The first-order valence-corrected chi connectivity index (χ1v) is 10.0. The largest absolute Gasteiger partial charge is 0.419 e. The van der Waals surface area contributed by atoms with Crippen LogP contribution in [0.5, 0.6) is 0 Å². The number of carbonyl (C=O) groups is 1. The molecule has 0 bridgehead atoms. The van der Waals surface area contributed by atoms with E-state index in [0.29, 0.717) is 40.3 Å². The van der Waals surface area contributed by atoms with Gasteiger partial charge >= 0.3 is 0 Å². The summed E-state index contributed by atoms with van der Waals surface area (Å²) in [7, 11) is 0. The number of terminal acetylenes is 1. The van der Waals surface area contributed by atoms with Crippen LogP contribution in [0.15, 0.2) is 46.9 Å². The van der Waals surface area contributed by atoms with E-state index in [2.05, 4.69) is 22.2 Å². The lowest BCUT2D eigenvalue weighted by atomic mass is 9.96. The molecule has 1 amide bonds. The molecule has 7 heteroatoms. The molecule has 7 nitrogen and oxygen atoms in total. The number of amides is 1. The van der Waals surface area contributed by atoms with Gasteiger partial charge < -0.3 is 15.1 Å². The molecule has 31 heavy (non-hydrogen) atoms. The number of carbonyl (C=O) groups excluding carboxylic acids is 1. The third-order valence-electron chi connectivity index (χ3n) is 5.32. The second kappa shape index (κ2) is 8.43. The van der Waals surface area contributed by atoms with Crippen LogP contribution in [0.4, 0.5) is 0 Å². The lowest BCUT2D eigenvalue weighted by molar-refractivity contribution is 0.0766. The molecule has 1 aliphatic heterocycles. The van der Waals surface area contributed by atoms with E-state index >= 15 is 0 Å². The van der Waals surface area contributed by atoms with Gasteiger partial charge in [0.25, 0.3) is 5.91 Å². The molecule has 154 valence electrons. The molecule has 2 heterocycles. The maximum Gasteiger partial charge on any atom is 0.254 e. The summed E-state index contributed by atoms with van der Waals surface area (Å²) < 4.78 is 5.71. The number of rotatable bonds is 4. The van der Waals surface area contributed by atoms with Crippen molar-refractivity contribution < 1.29 is 9.21 Å². The van der Waals surface area contributed by atoms with Gasteiger partial charge in [-0.05, 0) is 55.2 Å². The summed E-state index contributed by atoms with van der Waals surface area (Å²) in [6, 6.07) is 14.1. The molecule has 4 rings (SSSR count). The van der Waals surface area contributed by atoms with Crippen molar-refractivity contribution in [1.29, 1.82) is 5.26 Å². The monoisotopic (exact) mass is 411 g/mol. The van der Waals surface area contributed by atoms with Gasteiger partial charge in [0.1, 0.15) is 0 Å². The van der Waals surface area contributed by atoms with Gasteiger partial charge in [-0.25, -0.2) is 0 Å². The zero-order valence-electron chi connectivity index (χ0n) is 17.1. The third kappa shape index (κ3) is 3.92. The SMILES string of the molecule is C#C[C@H]1CCCN1C(=O)c1cc(-c2nnc(C(C)N)o2)cc(-c2ccccc2C#N)c1. The van der Waals surface area contributed by atoms with E-state index in [4.69, 9.17) is 16.6 Å². The Morgan fingerprint density at radius 2 is 2.06 bits per heavy atom. The highest BCUT2D eigenvalue weighted by Gasteiger charge is 2.29. The molecule has 1 saturated heterocycles. The molecule has 1 unspecified atom stereocenters. The topological polar surface area (TPSA) is 109 Å². The number of likely N-dealkylation sites (tertiary alicyclic amines) is 1. The number of nitriles is 1. The Hall–Kier alpha value is -3.94. The van der Waals surface area contributed by atoms with Crippen molar-refractivity contribution in [3.63, 3.8) is 0 Å². The summed E-state index contributed by atoms with van der Waals surface area (Å²) in [5.41, 5.74) is 8.78. The number of hydrogen-bond donors (Lipinski definition) is 1. The van der Waals surface area contributed by atoms with Crippen molar-refractivity contribution >= 4 is 5.91 Å². The lowest BCUT2D eigenvalue weighted by Crippen LogP contribution is -2.34. The molecule has 0 aliphatic carbocycles. The van der Waals surface area contributed by atoms with E-state index in [1.54, 1.807) is 36.1 Å². The van der Waals surface area contributed by atoms with Crippen LogP contribution >= 0.6 is 0 Å². The maximum absolute atomic E-state index is 13.3. The zero-order chi connectivity index (χ0) is 22.0. The molecule has 0 saturated carbocycles. The number of nitrogens with two attached hydrogens (primary N) is 1. The molecule has 2 N–H and O–H groups in total. The predicted octanol–water partition coefficient (Wildman–Crippen LogP) is 3.53. The standard InChI is InChI=1S/C24H21N5O2/c1-3-20-8-6-10-29(20)24(30)19-12-17(21-9-5-4-7-16(21)14-25)11-18(13-19)23-28-27-22(31-23)15(2)26/h1,4-5,7,9,11-13,15,20H,6,8,10,26H2,2H3/t15?,20-/m0/s1. The number of hydrogen-bond acceptors (Lipinski definition) is 6. The summed E-state index contributed by atoms with van der Waals surface area (Å²) in [5, 5.41) is 17.6. The predicted molar refractivity (Wildman–Crippen MR) is 115 cm³/mol. The van der Waals surface area contributed by atoms with E-state index < -0.39 is 6.04 Å². The summed E-state index contributed by atoms with van der Waals surface area (Å²) in [5.74, 6) is 3.10. The highest BCUT2D eigenvalue weighted by Crippen LogP contribution is 2.31. The van der Waals surface area contributed by atoms with Crippen LogP contribution in [0.1, 0.15) is 47.6 Å². The Labute approximate surface area is 180 Å². The summed E-state index contributed by atoms with van der Waals surface area (Å²) in [4.78, 5) is 15.0. The molecular formula is C24H21N5O2. The van der Waals surface area contributed by atoms with Crippen molar-refractivity contribution in [2.45, 2.75) is 31.8 Å². The van der Waals surface area contributed by atoms with Gasteiger partial charge in [-0.3, -0.25) is 4.79 Å². The van der Waals surface area contributed by atoms with Crippen molar-refractivity contribution in [2.24, 2.45) is 5.73 Å². The van der Waals surface area contributed by atoms with Crippen LogP contribution in [0.2, 0.25) is 0 Å². The van der Waals surface area contributed by atoms with Crippen LogP contribution in [0.25, 0.3) is 22.6 Å². The Balaban J connectivity index is 1.85. The van der Waals surface area contributed by atoms with E-state index in [9.17, 15) is 10.1 Å².